The van der Waals surface area contributed by atoms with Crippen LogP contribution in [-0.4, -0.2) is 38.8 Å². The fourth-order valence-electron chi connectivity index (χ4n) is 4.41. The second-order valence-corrected chi connectivity index (χ2v) is 10.5. The molecule has 34 heavy (non-hydrogen) atoms. The zero-order valence-electron chi connectivity index (χ0n) is 19.5. The van der Waals surface area contributed by atoms with Crippen molar-refractivity contribution in [2.75, 3.05) is 20.2 Å². The summed E-state index contributed by atoms with van der Waals surface area (Å²) >= 11 is 0. The molecule has 1 amide bonds. The van der Waals surface area contributed by atoms with Crippen LogP contribution in [0.25, 0.3) is 0 Å². The average Bonchev–Trinajstić information content (AvgIpc) is 2.88. The lowest BCUT2D eigenvalue weighted by Crippen LogP contribution is -2.43. The Labute approximate surface area is 201 Å². The first-order valence-electron chi connectivity index (χ1n) is 11.4. The van der Waals surface area contributed by atoms with Gasteiger partial charge in [0.1, 0.15) is 5.75 Å². The SMILES string of the molecule is COc1ccc(S(=O)(=O)N2CCC(C(=O)N[C@@H](c3ccccc3)c3ccccc3C)CC2)cc1. The van der Waals surface area contributed by atoms with Gasteiger partial charge in [0, 0.05) is 19.0 Å². The van der Waals surface area contributed by atoms with E-state index < -0.39 is 10.0 Å². The molecule has 6 nitrogen and oxygen atoms in total. The Balaban J connectivity index is 1.45. The molecule has 7 heteroatoms. The molecule has 4 rings (SSSR count). The minimum absolute atomic E-state index is 0.0430. The van der Waals surface area contributed by atoms with Crippen molar-refractivity contribution in [3.63, 3.8) is 0 Å². The van der Waals surface area contributed by atoms with Gasteiger partial charge in [0.25, 0.3) is 0 Å². The van der Waals surface area contributed by atoms with Gasteiger partial charge in [-0.05, 0) is 60.7 Å². The van der Waals surface area contributed by atoms with E-state index in [0.717, 1.165) is 16.7 Å². The summed E-state index contributed by atoms with van der Waals surface area (Å²) in [6.07, 6.45) is 0.965. The molecule has 1 aliphatic heterocycles. The molecule has 3 aromatic carbocycles. The summed E-state index contributed by atoms with van der Waals surface area (Å²) in [5, 5.41) is 3.24. The fraction of sp³-hybridized carbons (Fsp3) is 0.296. The van der Waals surface area contributed by atoms with Gasteiger partial charge in [0.15, 0.2) is 0 Å². The third-order valence-corrected chi connectivity index (χ3v) is 8.35. The van der Waals surface area contributed by atoms with E-state index in [9.17, 15) is 13.2 Å². The van der Waals surface area contributed by atoms with Gasteiger partial charge in [-0.15, -0.1) is 0 Å². The molecule has 0 saturated carbocycles. The summed E-state index contributed by atoms with van der Waals surface area (Å²) in [6.45, 7) is 2.67. The molecule has 0 aliphatic carbocycles. The van der Waals surface area contributed by atoms with Crippen molar-refractivity contribution in [1.82, 2.24) is 9.62 Å². The largest absolute Gasteiger partial charge is 0.497 e. The van der Waals surface area contributed by atoms with Gasteiger partial charge < -0.3 is 10.1 Å². The number of ether oxygens (including phenoxy) is 1. The van der Waals surface area contributed by atoms with Crippen molar-refractivity contribution < 1.29 is 17.9 Å². The summed E-state index contributed by atoms with van der Waals surface area (Å²) in [7, 11) is -2.06. The van der Waals surface area contributed by atoms with Crippen LogP contribution >= 0.6 is 0 Å². The van der Waals surface area contributed by atoms with Crippen molar-refractivity contribution >= 4 is 15.9 Å². The van der Waals surface area contributed by atoms with Crippen LogP contribution in [0.4, 0.5) is 0 Å². The van der Waals surface area contributed by atoms with Crippen molar-refractivity contribution in [3.8, 4) is 5.75 Å². The van der Waals surface area contributed by atoms with E-state index in [1.165, 1.54) is 4.31 Å². The number of amides is 1. The number of aryl methyl sites for hydroxylation is 1. The first-order chi connectivity index (χ1) is 16.4. The topological polar surface area (TPSA) is 75.7 Å². The first-order valence-corrected chi connectivity index (χ1v) is 12.9. The zero-order chi connectivity index (χ0) is 24.1. The molecule has 1 aliphatic rings. The maximum Gasteiger partial charge on any atom is 0.243 e. The second kappa shape index (κ2) is 10.4. The normalized spacial score (nSPS) is 16.1. The van der Waals surface area contributed by atoms with E-state index >= 15 is 0 Å². The predicted molar refractivity (Wildman–Crippen MR) is 132 cm³/mol. The summed E-state index contributed by atoms with van der Waals surface area (Å²) in [5.74, 6) is 0.326. The summed E-state index contributed by atoms with van der Waals surface area (Å²) < 4.78 is 32.7. The third-order valence-electron chi connectivity index (χ3n) is 6.44. The van der Waals surface area contributed by atoms with Crippen molar-refractivity contribution in [3.05, 3.63) is 95.6 Å². The van der Waals surface area contributed by atoms with E-state index in [0.29, 0.717) is 31.7 Å². The quantitative estimate of drug-likeness (QED) is 0.549. The Hall–Kier alpha value is -3.16. The van der Waals surface area contributed by atoms with Crippen LogP contribution < -0.4 is 10.1 Å². The van der Waals surface area contributed by atoms with Crippen molar-refractivity contribution in [1.29, 1.82) is 0 Å². The molecule has 178 valence electrons. The van der Waals surface area contributed by atoms with Crippen molar-refractivity contribution in [2.24, 2.45) is 5.92 Å². The Morgan fingerprint density at radius 1 is 0.941 bits per heavy atom. The van der Waals surface area contributed by atoms with Crippen LogP contribution in [0, 0.1) is 12.8 Å². The van der Waals surface area contributed by atoms with E-state index in [4.69, 9.17) is 4.74 Å². The molecule has 1 atom stereocenters. The van der Waals surface area contributed by atoms with Gasteiger partial charge in [0.05, 0.1) is 18.0 Å². The lowest BCUT2D eigenvalue weighted by molar-refractivity contribution is -0.126. The summed E-state index contributed by atoms with van der Waals surface area (Å²) in [4.78, 5) is 13.5. The monoisotopic (exact) mass is 478 g/mol. The molecule has 1 fully saturated rings. The fourth-order valence-corrected chi connectivity index (χ4v) is 5.88. The number of hydrogen-bond donors (Lipinski definition) is 1. The number of benzene rings is 3. The molecule has 0 aromatic heterocycles. The number of hydrogen-bond acceptors (Lipinski definition) is 4. The number of rotatable bonds is 7. The Kier molecular flexibility index (Phi) is 7.34. The highest BCUT2D eigenvalue weighted by Crippen LogP contribution is 2.28. The predicted octanol–water partition coefficient (Wildman–Crippen LogP) is 4.31. The van der Waals surface area contributed by atoms with Crippen LogP contribution in [0.5, 0.6) is 5.75 Å². The average molecular weight is 479 g/mol. The number of nitrogens with one attached hydrogen (secondary N) is 1. The molecule has 0 bridgehead atoms. The van der Waals surface area contributed by atoms with E-state index in [1.807, 2.05) is 61.5 Å². The Bertz CT molecular complexity index is 1220. The second-order valence-electron chi connectivity index (χ2n) is 8.56. The molecule has 3 aromatic rings. The van der Waals surface area contributed by atoms with Gasteiger partial charge in [-0.25, -0.2) is 8.42 Å². The maximum absolute atomic E-state index is 13.3. The van der Waals surface area contributed by atoms with E-state index in [-0.39, 0.29) is 22.8 Å². The van der Waals surface area contributed by atoms with Crippen LogP contribution in [0.15, 0.2) is 83.8 Å². The third kappa shape index (κ3) is 5.16. The van der Waals surface area contributed by atoms with Gasteiger partial charge in [-0.2, -0.15) is 4.31 Å². The highest BCUT2D eigenvalue weighted by atomic mass is 32.2. The summed E-state index contributed by atoms with van der Waals surface area (Å²) in [5.41, 5.74) is 3.18. The standard InChI is InChI=1S/C27H30N2O4S/c1-20-8-6-7-11-25(20)26(21-9-4-3-5-10-21)28-27(30)22-16-18-29(19-17-22)34(31,32)24-14-12-23(33-2)13-15-24/h3-15,22,26H,16-19H2,1-2H3,(H,28,30)/t26-/m0/s1. The minimum atomic E-state index is -3.60. The highest BCUT2D eigenvalue weighted by Gasteiger charge is 2.33. The molecule has 1 saturated heterocycles. The number of carbonyl (C=O) groups excluding carboxylic acids is 1. The smallest absolute Gasteiger partial charge is 0.243 e. The molecule has 1 N–H and O–H groups in total. The molecule has 0 spiro atoms. The van der Waals surface area contributed by atoms with Gasteiger partial charge >= 0.3 is 0 Å². The van der Waals surface area contributed by atoms with Gasteiger partial charge in [-0.1, -0.05) is 54.6 Å². The maximum atomic E-state index is 13.3. The number of sulfonamides is 1. The molecule has 0 unspecified atom stereocenters. The number of carbonyl (C=O) groups is 1. The van der Waals surface area contributed by atoms with Crippen LogP contribution in [0.2, 0.25) is 0 Å². The number of methoxy groups -OCH3 is 1. The van der Waals surface area contributed by atoms with Gasteiger partial charge in [-0.3, -0.25) is 4.79 Å². The Morgan fingerprint density at radius 3 is 2.18 bits per heavy atom. The van der Waals surface area contributed by atoms with E-state index in [2.05, 4.69) is 5.32 Å². The number of nitrogens with zero attached hydrogens (tertiary/aromatic N) is 1. The van der Waals surface area contributed by atoms with Crippen LogP contribution in [0.3, 0.4) is 0 Å². The molecular formula is C27H30N2O4S. The highest BCUT2D eigenvalue weighted by molar-refractivity contribution is 7.89. The first kappa shape index (κ1) is 24.0. The lowest BCUT2D eigenvalue weighted by atomic mass is 9.92. The summed E-state index contributed by atoms with van der Waals surface area (Å²) in [6, 6.07) is 24.1. The van der Waals surface area contributed by atoms with Crippen molar-refractivity contribution in [2.45, 2.75) is 30.7 Å². The minimum Gasteiger partial charge on any atom is -0.497 e. The van der Waals surface area contributed by atoms with Crippen LogP contribution in [-0.2, 0) is 14.8 Å². The molecular weight excluding hydrogens is 448 g/mol. The zero-order valence-corrected chi connectivity index (χ0v) is 20.3. The Morgan fingerprint density at radius 2 is 1.56 bits per heavy atom. The molecule has 0 radical (unpaired) electrons. The van der Waals surface area contributed by atoms with Gasteiger partial charge in [0.2, 0.25) is 15.9 Å². The van der Waals surface area contributed by atoms with E-state index in [1.54, 1.807) is 31.4 Å². The molecule has 1 heterocycles. The number of piperidine rings is 1. The lowest BCUT2D eigenvalue weighted by Gasteiger charge is -2.32. The van der Waals surface area contributed by atoms with Crippen LogP contribution in [0.1, 0.15) is 35.6 Å².